The fourth-order valence-corrected chi connectivity index (χ4v) is 3.40. The van der Waals surface area contributed by atoms with E-state index in [-0.39, 0.29) is 17.8 Å². The Morgan fingerprint density at radius 2 is 1.77 bits per heavy atom. The van der Waals surface area contributed by atoms with E-state index in [1.807, 2.05) is 0 Å². The first kappa shape index (κ1) is 18.1. The van der Waals surface area contributed by atoms with Crippen LogP contribution in [0, 0.1) is 11.8 Å². The number of esters is 2. The highest BCUT2D eigenvalue weighted by Crippen LogP contribution is 2.51. The highest BCUT2D eigenvalue weighted by molar-refractivity contribution is 6.07. The van der Waals surface area contributed by atoms with Crippen LogP contribution < -0.4 is 0 Å². The van der Waals surface area contributed by atoms with Crippen molar-refractivity contribution in [3.63, 3.8) is 0 Å². The standard InChI is InChI=1S/C18H19NO7/c1-9(2)16(22)24-7-18-6-5-11(26-18)12-13(18)15(21)19(14(12)20)8-25-17(23)10(3)4/h5-6,11-13H,1,3,7-8H2,2,4H3. The summed E-state index contributed by atoms with van der Waals surface area (Å²) in [5.74, 6) is -3.84. The predicted molar refractivity (Wildman–Crippen MR) is 87.1 cm³/mol. The lowest BCUT2D eigenvalue weighted by Gasteiger charge is -2.28. The maximum Gasteiger partial charge on any atom is 0.334 e. The number of hydrogen-bond acceptors (Lipinski definition) is 7. The van der Waals surface area contributed by atoms with Crippen LogP contribution in [0.25, 0.3) is 0 Å². The topological polar surface area (TPSA) is 99.2 Å². The summed E-state index contributed by atoms with van der Waals surface area (Å²) in [5, 5.41) is 0. The number of hydrogen-bond donors (Lipinski definition) is 0. The number of carbonyl (C=O) groups excluding carboxylic acids is 4. The van der Waals surface area contributed by atoms with Gasteiger partial charge in [-0.3, -0.25) is 9.59 Å². The average Bonchev–Trinajstić information content (AvgIpc) is 3.22. The molecule has 0 N–H and O–H groups in total. The molecule has 4 unspecified atom stereocenters. The summed E-state index contributed by atoms with van der Waals surface area (Å²) in [5.41, 5.74) is -0.811. The molecule has 2 bridgehead atoms. The molecule has 138 valence electrons. The molecule has 0 aromatic carbocycles. The molecule has 3 aliphatic rings. The Bertz CT molecular complexity index is 768. The van der Waals surface area contributed by atoms with Crippen LogP contribution in [-0.2, 0) is 33.4 Å². The van der Waals surface area contributed by atoms with Gasteiger partial charge in [0, 0.05) is 11.1 Å². The van der Waals surface area contributed by atoms with Gasteiger partial charge in [0.2, 0.25) is 11.8 Å². The number of amides is 2. The zero-order chi connectivity index (χ0) is 19.2. The SMILES string of the molecule is C=C(C)C(=O)OCN1C(=O)C2C3C=CC(COC(=O)C(=C)C)(O3)C2C1=O. The van der Waals surface area contributed by atoms with Crippen LogP contribution in [-0.4, -0.2) is 53.7 Å². The van der Waals surface area contributed by atoms with Crippen molar-refractivity contribution in [1.29, 1.82) is 0 Å². The summed E-state index contributed by atoms with van der Waals surface area (Å²) in [6.45, 7) is 9.24. The van der Waals surface area contributed by atoms with Crippen molar-refractivity contribution in [2.75, 3.05) is 13.3 Å². The Kier molecular flexibility index (Phi) is 4.31. The lowest BCUT2D eigenvalue weighted by atomic mass is 9.77. The molecule has 8 nitrogen and oxygen atoms in total. The molecular formula is C18H19NO7. The molecule has 0 aromatic rings. The molecule has 3 rings (SSSR count). The summed E-state index contributed by atoms with van der Waals surface area (Å²) in [6.07, 6.45) is 2.76. The Morgan fingerprint density at radius 1 is 1.15 bits per heavy atom. The minimum Gasteiger partial charge on any atom is -0.459 e. The zero-order valence-electron chi connectivity index (χ0n) is 14.5. The van der Waals surface area contributed by atoms with Gasteiger partial charge < -0.3 is 14.2 Å². The van der Waals surface area contributed by atoms with Crippen molar-refractivity contribution in [3.8, 4) is 0 Å². The van der Waals surface area contributed by atoms with Gasteiger partial charge in [-0.05, 0) is 19.9 Å². The van der Waals surface area contributed by atoms with E-state index < -0.39 is 54.0 Å². The Labute approximate surface area is 150 Å². The first-order chi connectivity index (χ1) is 12.2. The molecular weight excluding hydrogens is 342 g/mol. The first-order valence-electron chi connectivity index (χ1n) is 8.05. The molecule has 3 heterocycles. The maximum atomic E-state index is 12.8. The van der Waals surface area contributed by atoms with Gasteiger partial charge in [-0.25, -0.2) is 14.5 Å². The third-order valence-corrected chi connectivity index (χ3v) is 4.70. The van der Waals surface area contributed by atoms with Crippen molar-refractivity contribution < 1.29 is 33.4 Å². The van der Waals surface area contributed by atoms with Crippen molar-refractivity contribution in [2.24, 2.45) is 11.8 Å². The van der Waals surface area contributed by atoms with E-state index in [9.17, 15) is 19.2 Å². The number of ether oxygens (including phenoxy) is 3. The Balaban J connectivity index is 1.76. The highest BCUT2D eigenvalue weighted by atomic mass is 16.6. The minimum atomic E-state index is -1.19. The van der Waals surface area contributed by atoms with E-state index in [0.717, 1.165) is 4.90 Å². The second kappa shape index (κ2) is 6.21. The molecule has 0 aliphatic carbocycles. The Hall–Kier alpha value is -2.74. The third-order valence-electron chi connectivity index (χ3n) is 4.70. The van der Waals surface area contributed by atoms with E-state index in [4.69, 9.17) is 14.2 Å². The van der Waals surface area contributed by atoms with Crippen molar-refractivity contribution >= 4 is 23.8 Å². The fourth-order valence-electron chi connectivity index (χ4n) is 3.40. The minimum absolute atomic E-state index is 0.164. The lowest BCUT2D eigenvalue weighted by Crippen LogP contribution is -2.45. The molecule has 2 amide bonds. The summed E-state index contributed by atoms with van der Waals surface area (Å²) < 4.78 is 15.9. The largest absolute Gasteiger partial charge is 0.459 e. The monoisotopic (exact) mass is 361 g/mol. The lowest BCUT2D eigenvalue weighted by molar-refractivity contribution is -0.160. The van der Waals surface area contributed by atoms with Gasteiger partial charge in [0.15, 0.2) is 6.73 Å². The van der Waals surface area contributed by atoms with Crippen LogP contribution in [0.3, 0.4) is 0 Å². The second-order valence-corrected chi connectivity index (χ2v) is 6.70. The van der Waals surface area contributed by atoms with Gasteiger partial charge in [0.25, 0.3) is 0 Å². The van der Waals surface area contributed by atoms with E-state index in [1.54, 1.807) is 12.2 Å². The highest BCUT2D eigenvalue weighted by Gasteiger charge is 2.68. The van der Waals surface area contributed by atoms with E-state index >= 15 is 0 Å². The summed E-state index contributed by atoms with van der Waals surface area (Å²) >= 11 is 0. The van der Waals surface area contributed by atoms with Crippen molar-refractivity contribution in [2.45, 2.75) is 25.6 Å². The van der Waals surface area contributed by atoms with Crippen molar-refractivity contribution in [1.82, 2.24) is 4.90 Å². The van der Waals surface area contributed by atoms with Crippen LogP contribution in [0.4, 0.5) is 0 Å². The Morgan fingerprint density at radius 3 is 2.38 bits per heavy atom. The van der Waals surface area contributed by atoms with Gasteiger partial charge >= 0.3 is 11.9 Å². The van der Waals surface area contributed by atoms with E-state index in [2.05, 4.69) is 13.2 Å². The van der Waals surface area contributed by atoms with Gasteiger partial charge in [0.05, 0.1) is 17.9 Å². The molecule has 4 atom stereocenters. The van der Waals surface area contributed by atoms with Crippen LogP contribution in [0.15, 0.2) is 36.5 Å². The average molecular weight is 361 g/mol. The third kappa shape index (κ3) is 2.66. The molecule has 0 radical (unpaired) electrons. The van der Waals surface area contributed by atoms with Gasteiger partial charge in [0.1, 0.15) is 12.2 Å². The van der Waals surface area contributed by atoms with E-state index in [0.29, 0.717) is 0 Å². The smallest absolute Gasteiger partial charge is 0.334 e. The van der Waals surface area contributed by atoms with Gasteiger partial charge in [-0.2, -0.15) is 0 Å². The number of nitrogens with zero attached hydrogens (tertiary/aromatic N) is 1. The predicted octanol–water partition coefficient (Wildman–Crippen LogP) is 0.491. The number of fused-ring (bicyclic) bond motifs is 5. The summed E-state index contributed by atoms with van der Waals surface area (Å²) in [6, 6.07) is 0. The number of imide groups is 1. The normalized spacial score (nSPS) is 31.2. The molecule has 8 heteroatoms. The number of carbonyl (C=O) groups is 4. The molecule has 2 saturated heterocycles. The molecule has 0 spiro atoms. The molecule has 2 fully saturated rings. The molecule has 0 saturated carbocycles. The van der Waals surface area contributed by atoms with E-state index in [1.165, 1.54) is 13.8 Å². The van der Waals surface area contributed by atoms with Gasteiger partial charge in [-0.1, -0.05) is 19.2 Å². The molecule has 0 aromatic heterocycles. The van der Waals surface area contributed by atoms with Crippen molar-refractivity contribution in [3.05, 3.63) is 36.5 Å². The summed E-state index contributed by atoms with van der Waals surface area (Å²) in [7, 11) is 0. The number of rotatable bonds is 6. The quantitative estimate of drug-likeness (QED) is 0.294. The van der Waals surface area contributed by atoms with Crippen LogP contribution >= 0.6 is 0 Å². The maximum absolute atomic E-state index is 12.8. The zero-order valence-corrected chi connectivity index (χ0v) is 14.5. The van der Waals surface area contributed by atoms with Gasteiger partial charge in [-0.15, -0.1) is 0 Å². The molecule has 26 heavy (non-hydrogen) atoms. The fraction of sp³-hybridized carbons (Fsp3) is 0.444. The molecule has 3 aliphatic heterocycles. The van der Waals surface area contributed by atoms with Crippen LogP contribution in [0.2, 0.25) is 0 Å². The van der Waals surface area contributed by atoms with Crippen LogP contribution in [0.1, 0.15) is 13.8 Å². The second-order valence-electron chi connectivity index (χ2n) is 6.70. The van der Waals surface area contributed by atoms with Crippen LogP contribution in [0.5, 0.6) is 0 Å². The first-order valence-corrected chi connectivity index (χ1v) is 8.05. The number of likely N-dealkylation sites (tertiary alicyclic amines) is 1. The summed E-state index contributed by atoms with van der Waals surface area (Å²) in [4.78, 5) is 49.5.